The Morgan fingerprint density at radius 3 is 2.06 bits per heavy atom. The van der Waals surface area contributed by atoms with Crippen LogP contribution in [0.5, 0.6) is 5.75 Å². The first-order valence-corrected chi connectivity index (χ1v) is 15.3. The van der Waals surface area contributed by atoms with Gasteiger partial charge in [-0.15, -0.1) is 23.2 Å². The monoisotopic (exact) mass is 720 g/mol. The number of nitrogens with zero attached hydrogens (tertiary/aromatic N) is 2. The molecule has 0 aromatic heterocycles. The molecule has 4 aliphatic rings. The van der Waals surface area contributed by atoms with Crippen LogP contribution >= 0.6 is 23.2 Å². The number of carbonyl (C=O) groups excluding carboxylic acids is 4. The number of para-hydroxylation sites is 1. The fourth-order valence-corrected chi connectivity index (χ4v) is 8.60. The number of phenols is 1. The minimum atomic E-state index is -2.78. The minimum Gasteiger partial charge on any atom is -0.508 e. The van der Waals surface area contributed by atoms with E-state index >= 15 is 8.78 Å². The van der Waals surface area contributed by atoms with Gasteiger partial charge in [0.25, 0.3) is 11.8 Å². The summed E-state index contributed by atoms with van der Waals surface area (Å²) in [6, 6.07) is 10.4. The number of aromatic hydroxyl groups is 1. The highest BCUT2D eigenvalue weighted by molar-refractivity contribution is 6.58. The number of allylic oxidation sites excluding steroid dienone is 2. The van der Waals surface area contributed by atoms with E-state index in [0.717, 1.165) is 11.0 Å². The van der Waals surface area contributed by atoms with E-state index in [-0.39, 0.29) is 33.7 Å². The van der Waals surface area contributed by atoms with Gasteiger partial charge in [0.2, 0.25) is 17.6 Å². The molecular weight excluding hydrogens is 702 g/mol. The van der Waals surface area contributed by atoms with Gasteiger partial charge in [0, 0.05) is 11.5 Å². The molecule has 3 fully saturated rings. The molecule has 2 N–H and O–H groups in total. The van der Waals surface area contributed by atoms with Gasteiger partial charge >= 0.3 is 5.97 Å². The number of hydrogen-bond donors (Lipinski definition) is 2. The van der Waals surface area contributed by atoms with Crippen LogP contribution in [0, 0.1) is 46.8 Å². The summed E-state index contributed by atoms with van der Waals surface area (Å²) in [5.41, 5.74) is -2.17. The van der Waals surface area contributed by atoms with Crippen molar-refractivity contribution >= 4 is 64.2 Å². The lowest BCUT2D eigenvalue weighted by Crippen LogP contribution is -2.60. The Morgan fingerprint density at radius 1 is 0.796 bits per heavy atom. The number of amides is 4. The number of aromatic carboxylic acids is 1. The van der Waals surface area contributed by atoms with Crippen molar-refractivity contribution in [3.63, 3.8) is 0 Å². The number of fused-ring (bicyclic) bond motifs is 4. The summed E-state index contributed by atoms with van der Waals surface area (Å²) in [4.78, 5) is 62.8. The van der Waals surface area contributed by atoms with Gasteiger partial charge < -0.3 is 10.2 Å². The Morgan fingerprint density at radius 2 is 1.43 bits per heavy atom. The third-order valence-corrected chi connectivity index (χ3v) is 11.2. The summed E-state index contributed by atoms with van der Waals surface area (Å²) in [5, 5.41) is 20.4. The predicted molar refractivity (Wildman–Crippen MR) is 160 cm³/mol. The van der Waals surface area contributed by atoms with E-state index in [1.165, 1.54) is 48.5 Å². The zero-order valence-electron chi connectivity index (χ0n) is 24.4. The van der Waals surface area contributed by atoms with Crippen LogP contribution in [0.1, 0.15) is 34.7 Å². The molecule has 1 saturated carbocycles. The second-order valence-corrected chi connectivity index (χ2v) is 13.4. The van der Waals surface area contributed by atoms with Crippen LogP contribution in [0.25, 0.3) is 0 Å². The summed E-state index contributed by atoms with van der Waals surface area (Å²) in [6.07, 6.45) is 0.615. The fourth-order valence-electron chi connectivity index (χ4n) is 7.68. The van der Waals surface area contributed by atoms with Crippen LogP contribution in [-0.4, -0.2) is 49.6 Å². The number of carbonyl (C=O) groups is 5. The number of halogens is 7. The Balaban J connectivity index is 1.42. The molecule has 3 aromatic carbocycles. The van der Waals surface area contributed by atoms with Crippen molar-refractivity contribution in [1.29, 1.82) is 0 Å². The number of carboxylic acid groups (broad SMARTS) is 1. The number of alkyl halides is 2. The first kappa shape index (κ1) is 32.7. The Bertz CT molecular complexity index is 2080. The lowest BCUT2D eigenvalue weighted by molar-refractivity contribution is -0.125. The molecule has 2 saturated heterocycles. The van der Waals surface area contributed by atoms with Gasteiger partial charge in [-0.1, -0.05) is 35.9 Å². The number of carboxylic acids is 1. The Labute approximate surface area is 282 Å². The first-order valence-electron chi connectivity index (χ1n) is 14.5. The largest absolute Gasteiger partial charge is 0.508 e. The number of phenolic OH excluding ortho intramolecular Hbond substituents is 1. The average Bonchev–Trinajstić information content (AvgIpc) is 3.41. The van der Waals surface area contributed by atoms with Crippen molar-refractivity contribution in [2.75, 3.05) is 9.80 Å². The third-order valence-electron chi connectivity index (χ3n) is 9.82. The van der Waals surface area contributed by atoms with Gasteiger partial charge in [0.05, 0.1) is 23.1 Å². The Kier molecular flexibility index (Phi) is 7.24. The predicted octanol–water partition coefficient (Wildman–Crippen LogP) is 5.55. The summed E-state index contributed by atoms with van der Waals surface area (Å²) >= 11 is 14.1. The maximum atomic E-state index is 15.1. The second kappa shape index (κ2) is 10.8. The van der Waals surface area contributed by atoms with Crippen LogP contribution in [-0.2, 0) is 19.2 Å². The maximum absolute atomic E-state index is 15.1. The lowest BCUT2D eigenvalue weighted by atomic mass is 9.56. The summed E-state index contributed by atoms with van der Waals surface area (Å²) in [5.74, 6) is -24.3. The van der Waals surface area contributed by atoms with Crippen molar-refractivity contribution in [3.05, 3.63) is 100 Å². The lowest BCUT2D eigenvalue weighted by Gasteiger charge is -2.50. The van der Waals surface area contributed by atoms with E-state index in [1.54, 1.807) is 0 Å². The molecule has 16 heteroatoms. The first-order chi connectivity index (χ1) is 23.1. The van der Waals surface area contributed by atoms with Gasteiger partial charge in [0.1, 0.15) is 11.4 Å². The zero-order chi connectivity index (χ0) is 35.5. The van der Waals surface area contributed by atoms with Gasteiger partial charge in [-0.05, 0) is 43.0 Å². The fraction of sp³-hybridized carbons (Fsp3) is 0.242. The Hall–Kier alpha value is -4.82. The van der Waals surface area contributed by atoms with Crippen LogP contribution in [0.2, 0.25) is 0 Å². The standard InChI is InChI=1S/C33H19Cl2F5N2O7/c34-32-11-17-14(8-9-16-19(17)28(45)41(27(16)44)13-5-3-4-12(10-13)29(46)47)20(15-6-1-2-7-18(15)43)33(32,35)31(49)42(30(32)48)26-24(39)22(37)21(36)23(38)25(26)40/h1-8,10,16-17,19-20,43H,9,11H2,(H,46,47). The minimum absolute atomic E-state index is 0.0594. The van der Waals surface area contributed by atoms with Crippen molar-refractivity contribution in [1.82, 2.24) is 0 Å². The topological polar surface area (TPSA) is 132 Å². The zero-order valence-corrected chi connectivity index (χ0v) is 25.9. The van der Waals surface area contributed by atoms with Crippen molar-refractivity contribution in [3.8, 4) is 5.75 Å². The molecule has 2 heterocycles. The van der Waals surface area contributed by atoms with Crippen LogP contribution in [0.4, 0.5) is 33.3 Å². The molecule has 2 aliphatic carbocycles. The van der Waals surface area contributed by atoms with E-state index in [2.05, 4.69) is 0 Å². The molecule has 0 radical (unpaired) electrons. The molecule has 0 spiro atoms. The average molecular weight is 721 g/mol. The molecule has 49 heavy (non-hydrogen) atoms. The van der Waals surface area contributed by atoms with E-state index in [1.807, 2.05) is 0 Å². The number of hydrogen-bond acceptors (Lipinski definition) is 6. The highest BCUT2D eigenvalue weighted by Gasteiger charge is 2.77. The highest BCUT2D eigenvalue weighted by Crippen LogP contribution is 2.66. The van der Waals surface area contributed by atoms with E-state index in [9.17, 15) is 47.4 Å². The van der Waals surface area contributed by atoms with Gasteiger partial charge in [0.15, 0.2) is 33.0 Å². The molecule has 6 unspecified atom stereocenters. The summed E-state index contributed by atoms with van der Waals surface area (Å²) in [7, 11) is 0. The normalized spacial score (nSPS) is 29.2. The van der Waals surface area contributed by atoms with Crippen LogP contribution < -0.4 is 9.80 Å². The highest BCUT2D eigenvalue weighted by atomic mass is 35.5. The molecule has 9 nitrogen and oxygen atoms in total. The summed E-state index contributed by atoms with van der Waals surface area (Å²) < 4.78 is 72.9. The van der Waals surface area contributed by atoms with Crippen molar-refractivity contribution < 1.29 is 56.1 Å². The van der Waals surface area contributed by atoms with E-state index < -0.39 is 110 Å². The number of benzene rings is 3. The molecule has 4 amide bonds. The molecular formula is C33H19Cl2F5N2O7. The van der Waals surface area contributed by atoms with Crippen LogP contribution in [0.3, 0.4) is 0 Å². The number of imide groups is 2. The molecule has 6 atom stereocenters. The van der Waals surface area contributed by atoms with Gasteiger partial charge in [-0.2, -0.15) is 0 Å². The maximum Gasteiger partial charge on any atom is 0.335 e. The van der Waals surface area contributed by atoms with E-state index in [4.69, 9.17) is 23.2 Å². The van der Waals surface area contributed by atoms with E-state index in [0.29, 0.717) is 0 Å². The number of anilines is 2. The SMILES string of the molecule is O=C(O)c1cccc(N2C(=O)C3CC=C4C(CC5(Cl)C(=O)N(c6c(F)c(F)c(F)c(F)c6F)C(=O)C5(Cl)C4c4ccccc4O)C3C2=O)c1. The quantitative estimate of drug-likeness (QED) is 0.0902. The molecule has 2 aliphatic heterocycles. The number of rotatable bonds is 4. The molecule has 0 bridgehead atoms. The molecule has 7 rings (SSSR count). The van der Waals surface area contributed by atoms with Crippen molar-refractivity contribution in [2.24, 2.45) is 17.8 Å². The van der Waals surface area contributed by atoms with Crippen LogP contribution in [0.15, 0.2) is 60.2 Å². The summed E-state index contributed by atoms with van der Waals surface area (Å²) in [6.45, 7) is 0. The molecule has 3 aromatic rings. The van der Waals surface area contributed by atoms with Gasteiger partial charge in [-0.25, -0.2) is 31.6 Å². The third kappa shape index (κ3) is 4.13. The van der Waals surface area contributed by atoms with Crippen molar-refractivity contribution in [2.45, 2.75) is 28.5 Å². The second-order valence-electron chi connectivity index (χ2n) is 12.1. The van der Waals surface area contributed by atoms with Gasteiger partial charge in [-0.3, -0.25) is 24.1 Å². The molecule has 252 valence electrons. The smallest absolute Gasteiger partial charge is 0.335 e.